The monoisotopic (exact) mass is 344 g/mol. The molecule has 24 heavy (non-hydrogen) atoms. The van der Waals surface area contributed by atoms with Crippen LogP contribution < -0.4 is 4.72 Å². The van der Waals surface area contributed by atoms with Crippen molar-refractivity contribution in [1.29, 1.82) is 0 Å². The van der Waals surface area contributed by atoms with Crippen LogP contribution in [0, 0.1) is 6.92 Å². The molecule has 1 saturated heterocycles. The summed E-state index contributed by atoms with van der Waals surface area (Å²) in [7, 11) is -3.84. The van der Waals surface area contributed by atoms with E-state index in [0.717, 1.165) is 12.0 Å². The maximum Gasteiger partial charge on any atom is 0.331 e. The highest BCUT2D eigenvalue weighted by Crippen LogP contribution is 2.27. The van der Waals surface area contributed by atoms with E-state index in [1.54, 1.807) is 17.0 Å². The molecule has 2 aromatic rings. The van der Waals surface area contributed by atoms with Gasteiger partial charge in [0.2, 0.25) is 0 Å². The van der Waals surface area contributed by atoms with Crippen LogP contribution in [0.4, 0.5) is 4.79 Å². The van der Waals surface area contributed by atoms with Crippen molar-refractivity contribution in [3.8, 4) is 0 Å². The van der Waals surface area contributed by atoms with Crippen LogP contribution in [-0.4, -0.2) is 32.4 Å². The number of nitrogens with one attached hydrogen (secondary N) is 1. The molecular formula is C18H20N2O3S. The standard InChI is InChI=1S/C18H20N2O3S/c1-14-7-9-17(10-8-14)24(22,23)19-18(21)20-12-11-16(13-20)15-5-3-2-4-6-15/h2-10,16H,11-13H2,1H3,(H,19,21). The van der Waals surface area contributed by atoms with Crippen LogP contribution in [0.3, 0.4) is 0 Å². The fraction of sp³-hybridized carbons (Fsp3) is 0.278. The Labute approximate surface area is 142 Å². The second-order valence-electron chi connectivity index (χ2n) is 6.07. The van der Waals surface area contributed by atoms with Crippen molar-refractivity contribution in [2.45, 2.75) is 24.2 Å². The van der Waals surface area contributed by atoms with Gasteiger partial charge in [-0.3, -0.25) is 0 Å². The van der Waals surface area contributed by atoms with Gasteiger partial charge in [0.05, 0.1) is 4.90 Å². The molecule has 0 saturated carbocycles. The molecule has 6 heteroatoms. The predicted octanol–water partition coefficient (Wildman–Crippen LogP) is 2.88. The van der Waals surface area contributed by atoms with E-state index in [1.807, 2.05) is 37.3 Å². The van der Waals surface area contributed by atoms with Gasteiger partial charge >= 0.3 is 6.03 Å². The first kappa shape index (κ1) is 16.5. The van der Waals surface area contributed by atoms with E-state index in [-0.39, 0.29) is 10.8 Å². The molecule has 2 amide bonds. The van der Waals surface area contributed by atoms with Gasteiger partial charge in [-0.15, -0.1) is 0 Å². The number of carbonyl (C=O) groups is 1. The molecule has 1 aliphatic heterocycles. The lowest BCUT2D eigenvalue weighted by Gasteiger charge is -2.17. The average Bonchev–Trinajstić information content (AvgIpc) is 3.06. The Morgan fingerprint density at radius 3 is 2.42 bits per heavy atom. The number of urea groups is 1. The van der Waals surface area contributed by atoms with E-state index in [4.69, 9.17) is 0 Å². The normalized spacial score (nSPS) is 17.7. The number of aryl methyl sites for hydroxylation is 1. The molecule has 2 aromatic carbocycles. The van der Waals surface area contributed by atoms with Crippen LogP contribution in [0.1, 0.15) is 23.5 Å². The number of carbonyl (C=O) groups excluding carboxylic acids is 1. The second-order valence-corrected chi connectivity index (χ2v) is 7.75. The van der Waals surface area contributed by atoms with Crippen LogP contribution in [0.25, 0.3) is 0 Å². The summed E-state index contributed by atoms with van der Waals surface area (Å²) < 4.78 is 26.8. The molecule has 1 heterocycles. The van der Waals surface area contributed by atoms with E-state index in [1.165, 1.54) is 17.7 Å². The first-order valence-corrected chi connectivity index (χ1v) is 9.37. The second kappa shape index (κ2) is 6.65. The minimum Gasteiger partial charge on any atom is -0.323 e. The summed E-state index contributed by atoms with van der Waals surface area (Å²) in [5.41, 5.74) is 2.14. The summed E-state index contributed by atoms with van der Waals surface area (Å²) in [5, 5.41) is 0. The number of likely N-dealkylation sites (tertiary alicyclic amines) is 1. The number of nitrogens with zero attached hydrogens (tertiary/aromatic N) is 1. The van der Waals surface area contributed by atoms with Gasteiger partial charge in [0.15, 0.2) is 0 Å². The third-order valence-electron chi connectivity index (χ3n) is 4.30. The van der Waals surface area contributed by atoms with E-state index in [2.05, 4.69) is 4.72 Å². The zero-order chi connectivity index (χ0) is 17.2. The molecule has 1 aliphatic rings. The smallest absolute Gasteiger partial charge is 0.323 e. The third-order valence-corrected chi connectivity index (χ3v) is 5.64. The van der Waals surface area contributed by atoms with E-state index in [9.17, 15) is 13.2 Å². The lowest BCUT2D eigenvalue weighted by molar-refractivity contribution is 0.214. The van der Waals surface area contributed by atoms with Crippen LogP contribution in [-0.2, 0) is 10.0 Å². The Balaban J connectivity index is 1.66. The molecule has 0 aliphatic carbocycles. The molecule has 1 N–H and O–H groups in total. The van der Waals surface area contributed by atoms with Crippen molar-refractivity contribution < 1.29 is 13.2 Å². The van der Waals surface area contributed by atoms with Crippen molar-refractivity contribution >= 4 is 16.1 Å². The highest BCUT2D eigenvalue weighted by Gasteiger charge is 2.29. The molecule has 1 unspecified atom stereocenters. The first-order valence-electron chi connectivity index (χ1n) is 7.89. The van der Waals surface area contributed by atoms with Gasteiger partial charge in [0.25, 0.3) is 10.0 Å². The van der Waals surface area contributed by atoms with Gasteiger partial charge in [-0.05, 0) is 31.0 Å². The summed E-state index contributed by atoms with van der Waals surface area (Å²) >= 11 is 0. The molecule has 1 atom stereocenters. The summed E-state index contributed by atoms with van der Waals surface area (Å²) in [5.74, 6) is 0.249. The largest absolute Gasteiger partial charge is 0.331 e. The molecular weight excluding hydrogens is 324 g/mol. The molecule has 1 fully saturated rings. The molecule has 0 aromatic heterocycles. The van der Waals surface area contributed by atoms with Crippen molar-refractivity contribution in [3.05, 3.63) is 65.7 Å². The van der Waals surface area contributed by atoms with E-state index in [0.29, 0.717) is 13.1 Å². The van der Waals surface area contributed by atoms with Gasteiger partial charge in [-0.2, -0.15) is 0 Å². The first-order chi connectivity index (χ1) is 11.5. The summed E-state index contributed by atoms with van der Waals surface area (Å²) in [6.07, 6.45) is 0.835. The Hall–Kier alpha value is -2.34. The lowest BCUT2D eigenvalue weighted by Crippen LogP contribution is -2.41. The molecule has 5 nitrogen and oxygen atoms in total. The number of benzene rings is 2. The Morgan fingerprint density at radius 1 is 1.08 bits per heavy atom. The SMILES string of the molecule is Cc1ccc(S(=O)(=O)NC(=O)N2CCC(c3ccccc3)C2)cc1. The zero-order valence-electron chi connectivity index (χ0n) is 13.5. The number of amides is 2. The average molecular weight is 344 g/mol. The minimum absolute atomic E-state index is 0.0975. The predicted molar refractivity (Wildman–Crippen MR) is 92.3 cm³/mol. The van der Waals surface area contributed by atoms with Crippen LogP contribution in [0.15, 0.2) is 59.5 Å². The molecule has 0 radical (unpaired) electrons. The minimum atomic E-state index is -3.84. The Bertz CT molecular complexity index is 817. The number of hydrogen-bond donors (Lipinski definition) is 1. The van der Waals surface area contributed by atoms with Gasteiger partial charge in [0, 0.05) is 19.0 Å². The number of hydrogen-bond acceptors (Lipinski definition) is 3. The van der Waals surface area contributed by atoms with E-state index < -0.39 is 16.1 Å². The van der Waals surface area contributed by atoms with Crippen LogP contribution >= 0.6 is 0 Å². The summed E-state index contributed by atoms with van der Waals surface area (Å²) in [6.45, 7) is 2.96. The summed E-state index contributed by atoms with van der Waals surface area (Å²) in [6, 6.07) is 15.8. The highest BCUT2D eigenvalue weighted by atomic mass is 32.2. The molecule has 0 spiro atoms. The summed E-state index contributed by atoms with van der Waals surface area (Å²) in [4.78, 5) is 14.0. The Kier molecular flexibility index (Phi) is 4.57. The fourth-order valence-corrected chi connectivity index (χ4v) is 3.87. The van der Waals surface area contributed by atoms with E-state index >= 15 is 0 Å². The highest BCUT2D eigenvalue weighted by molar-refractivity contribution is 7.90. The lowest BCUT2D eigenvalue weighted by atomic mass is 9.99. The van der Waals surface area contributed by atoms with Crippen LogP contribution in [0.5, 0.6) is 0 Å². The molecule has 3 rings (SSSR count). The number of rotatable bonds is 3. The van der Waals surface area contributed by atoms with Gasteiger partial charge in [0.1, 0.15) is 0 Å². The van der Waals surface area contributed by atoms with Crippen molar-refractivity contribution in [2.75, 3.05) is 13.1 Å². The van der Waals surface area contributed by atoms with Gasteiger partial charge < -0.3 is 4.90 Å². The third kappa shape index (κ3) is 3.59. The molecule has 126 valence electrons. The topological polar surface area (TPSA) is 66.5 Å². The zero-order valence-corrected chi connectivity index (χ0v) is 14.3. The van der Waals surface area contributed by atoms with Crippen LogP contribution in [0.2, 0.25) is 0 Å². The van der Waals surface area contributed by atoms with Crippen molar-refractivity contribution in [1.82, 2.24) is 9.62 Å². The maximum absolute atomic E-state index is 12.3. The van der Waals surface area contributed by atoms with Crippen molar-refractivity contribution in [3.63, 3.8) is 0 Å². The number of sulfonamides is 1. The fourth-order valence-electron chi connectivity index (χ4n) is 2.90. The van der Waals surface area contributed by atoms with Gasteiger partial charge in [-0.25, -0.2) is 17.9 Å². The van der Waals surface area contributed by atoms with Gasteiger partial charge in [-0.1, -0.05) is 48.0 Å². The quantitative estimate of drug-likeness (QED) is 0.931. The maximum atomic E-state index is 12.3. The molecule has 0 bridgehead atoms. The van der Waals surface area contributed by atoms with Crippen molar-refractivity contribution in [2.24, 2.45) is 0 Å². The Morgan fingerprint density at radius 2 is 1.75 bits per heavy atom.